The molecule has 0 atom stereocenters. The quantitative estimate of drug-likeness (QED) is 0.714. The van der Waals surface area contributed by atoms with Crippen LogP contribution in [0.1, 0.15) is 24.2 Å². The predicted octanol–water partition coefficient (Wildman–Crippen LogP) is 0.700. The average Bonchev–Trinajstić information content (AvgIpc) is 2.38. The van der Waals surface area contributed by atoms with E-state index in [1.54, 1.807) is 7.11 Å². The molecular formula is C13H18N2O5. The molecular weight excluding hydrogens is 264 g/mol. The van der Waals surface area contributed by atoms with Gasteiger partial charge in [0.15, 0.2) is 0 Å². The van der Waals surface area contributed by atoms with Crippen molar-refractivity contribution in [1.82, 2.24) is 10.3 Å². The van der Waals surface area contributed by atoms with Crippen molar-refractivity contribution in [2.75, 3.05) is 20.3 Å². The number of carbonyl (C=O) groups excluding carboxylic acids is 1. The summed E-state index contributed by atoms with van der Waals surface area (Å²) in [5, 5.41) is 11.4. The van der Waals surface area contributed by atoms with Gasteiger partial charge in [-0.1, -0.05) is 0 Å². The normalized spacial score (nSPS) is 10.9. The number of pyridine rings is 1. The lowest BCUT2D eigenvalue weighted by Crippen LogP contribution is -2.49. The molecule has 2 N–H and O–H groups in total. The summed E-state index contributed by atoms with van der Waals surface area (Å²) in [5.74, 6) is -1.34. The highest BCUT2D eigenvalue weighted by Crippen LogP contribution is 2.11. The van der Waals surface area contributed by atoms with Crippen LogP contribution in [0.4, 0.5) is 0 Å². The van der Waals surface area contributed by atoms with Crippen LogP contribution in [-0.2, 0) is 9.53 Å². The van der Waals surface area contributed by atoms with E-state index in [2.05, 4.69) is 10.3 Å². The largest absolute Gasteiger partial charge is 0.480 e. The molecule has 110 valence electrons. The Kier molecular flexibility index (Phi) is 5.45. The SMILES string of the molecule is COCCOc1cc(C(=O)NC(C)(C)C(=O)O)ccn1. The molecule has 0 aliphatic heterocycles. The highest BCUT2D eigenvalue weighted by molar-refractivity contribution is 5.97. The molecule has 1 heterocycles. The lowest BCUT2D eigenvalue weighted by molar-refractivity contribution is -0.143. The maximum absolute atomic E-state index is 12.0. The summed E-state index contributed by atoms with van der Waals surface area (Å²) < 4.78 is 10.1. The Morgan fingerprint density at radius 3 is 2.70 bits per heavy atom. The van der Waals surface area contributed by atoms with Gasteiger partial charge in [0.1, 0.15) is 12.1 Å². The van der Waals surface area contributed by atoms with Crippen LogP contribution in [0, 0.1) is 0 Å². The topological polar surface area (TPSA) is 97.8 Å². The Morgan fingerprint density at radius 2 is 2.10 bits per heavy atom. The molecule has 0 saturated heterocycles. The average molecular weight is 282 g/mol. The zero-order valence-electron chi connectivity index (χ0n) is 11.7. The van der Waals surface area contributed by atoms with Crippen molar-refractivity contribution in [3.8, 4) is 5.88 Å². The van der Waals surface area contributed by atoms with Gasteiger partial charge in [-0.2, -0.15) is 0 Å². The predicted molar refractivity (Wildman–Crippen MR) is 70.8 cm³/mol. The standard InChI is InChI=1S/C13H18N2O5/c1-13(2,12(17)18)15-11(16)9-4-5-14-10(8-9)20-7-6-19-3/h4-5,8H,6-7H2,1-3H3,(H,15,16)(H,17,18). The fraction of sp³-hybridized carbons (Fsp3) is 0.462. The molecule has 1 aromatic heterocycles. The van der Waals surface area contributed by atoms with Crippen LogP contribution in [0.15, 0.2) is 18.3 Å². The Labute approximate surface area is 116 Å². The Bertz CT molecular complexity index is 487. The summed E-state index contributed by atoms with van der Waals surface area (Å²) in [6, 6.07) is 2.93. The highest BCUT2D eigenvalue weighted by Gasteiger charge is 2.29. The van der Waals surface area contributed by atoms with Crippen LogP contribution in [0.2, 0.25) is 0 Å². The summed E-state index contributed by atoms with van der Waals surface area (Å²) in [4.78, 5) is 26.9. The summed E-state index contributed by atoms with van der Waals surface area (Å²) in [6.07, 6.45) is 1.42. The van der Waals surface area contributed by atoms with E-state index >= 15 is 0 Å². The lowest BCUT2D eigenvalue weighted by Gasteiger charge is -2.21. The zero-order valence-corrected chi connectivity index (χ0v) is 11.7. The summed E-state index contributed by atoms with van der Waals surface area (Å²) in [6.45, 7) is 3.54. The third-order valence-electron chi connectivity index (χ3n) is 2.50. The minimum Gasteiger partial charge on any atom is -0.480 e. The minimum atomic E-state index is -1.35. The van der Waals surface area contributed by atoms with Crippen molar-refractivity contribution in [2.45, 2.75) is 19.4 Å². The Morgan fingerprint density at radius 1 is 1.40 bits per heavy atom. The van der Waals surface area contributed by atoms with Gasteiger partial charge in [0.25, 0.3) is 5.91 Å². The van der Waals surface area contributed by atoms with Crippen LogP contribution < -0.4 is 10.1 Å². The molecule has 0 saturated carbocycles. The lowest BCUT2D eigenvalue weighted by atomic mass is 10.1. The summed E-state index contributed by atoms with van der Waals surface area (Å²) >= 11 is 0. The van der Waals surface area contributed by atoms with Gasteiger partial charge >= 0.3 is 5.97 Å². The first-order valence-corrected chi connectivity index (χ1v) is 6.00. The van der Waals surface area contributed by atoms with Gasteiger partial charge in [-0.3, -0.25) is 4.79 Å². The second-order valence-electron chi connectivity index (χ2n) is 4.61. The fourth-order valence-electron chi connectivity index (χ4n) is 1.27. The van der Waals surface area contributed by atoms with E-state index in [4.69, 9.17) is 14.6 Å². The monoisotopic (exact) mass is 282 g/mol. The number of amides is 1. The number of hydrogen-bond donors (Lipinski definition) is 2. The molecule has 0 radical (unpaired) electrons. The van der Waals surface area contributed by atoms with Gasteiger partial charge in [0.2, 0.25) is 5.88 Å². The van der Waals surface area contributed by atoms with E-state index < -0.39 is 17.4 Å². The number of carbonyl (C=O) groups is 2. The Hall–Kier alpha value is -2.15. The molecule has 0 aliphatic carbocycles. The van der Waals surface area contributed by atoms with E-state index in [0.29, 0.717) is 13.2 Å². The summed E-state index contributed by atoms with van der Waals surface area (Å²) in [5.41, 5.74) is -1.07. The van der Waals surface area contributed by atoms with Crippen molar-refractivity contribution in [3.05, 3.63) is 23.9 Å². The molecule has 20 heavy (non-hydrogen) atoms. The van der Waals surface area contributed by atoms with Crippen LogP contribution in [0.3, 0.4) is 0 Å². The second kappa shape index (κ2) is 6.85. The Balaban J connectivity index is 2.73. The van der Waals surface area contributed by atoms with E-state index in [1.165, 1.54) is 32.2 Å². The van der Waals surface area contributed by atoms with Crippen molar-refractivity contribution >= 4 is 11.9 Å². The number of aromatic nitrogens is 1. The van der Waals surface area contributed by atoms with E-state index in [-0.39, 0.29) is 11.4 Å². The van der Waals surface area contributed by atoms with Crippen LogP contribution in [0.25, 0.3) is 0 Å². The number of hydrogen-bond acceptors (Lipinski definition) is 5. The van der Waals surface area contributed by atoms with Crippen molar-refractivity contribution < 1.29 is 24.2 Å². The first kappa shape index (κ1) is 15.9. The van der Waals surface area contributed by atoms with Gasteiger partial charge < -0.3 is 19.9 Å². The molecule has 0 aliphatic rings. The van der Waals surface area contributed by atoms with Gasteiger partial charge in [-0.15, -0.1) is 0 Å². The fourth-order valence-corrected chi connectivity index (χ4v) is 1.27. The molecule has 1 amide bonds. The van der Waals surface area contributed by atoms with Crippen LogP contribution in [0.5, 0.6) is 5.88 Å². The van der Waals surface area contributed by atoms with Gasteiger partial charge in [-0.05, 0) is 19.9 Å². The molecule has 0 spiro atoms. The number of aliphatic carboxylic acids is 1. The van der Waals surface area contributed by atoms with Gasteiger partial charge in [0.05, 0.1) is 6.61 Å². The van der Waals surface area contributed by atoms with Gasteiger partial charge in [-0.25, -0.2) is 9.78 Å². The smallest absolute Gasteiger partial charge is 0.328 e. The molecule has 7 nitrogen and oxygen atoms in total. The van der Waals surface area contributed by atoms with Crippen LogP contribution >= 0.6 is 0 Å². The molecule has 0 fully saturated rings. The molecule has 1 rings (SSSR count). The second-order valence-corrected chi connectivity index (χ2v) is 4.61. The van der Waals surface area contributed by atoms with E-state index in [0.717, 1.165) is 0 Å². The number of ether oxygens (including phenoxy) is 2. The number of rotatable bonds is 7. The molecule has 0 bridgehead atoms. The van der Waals surface area contributed by atoms with E-state index in [9.17, 15) is 9.59 Å². The highest BCUT2D eigenvalue weighted by atomic mass is 16.5. The van der Waals surface area contributed by atoms with Crippen LogP contribution in [-0.4, -0.2) is 47.8 Å². The third-order valence-corrected chi connectivity index (χ3v) is 2.50. The van der Waals surface area contributed by atoms with Crippen molar-refractivity contribution in [1.29, 1.82) is 0 Å². The molecule has 7 heteroatoms. The molecule has 0 aromatic carbocycles. The maximum atomic E-state index is 12.0. The van der Waals surface area contributed by atoms with Crippen molar-refractivity contribution in [3.63, 3.8) is 0 Å². The maximum Gasteiger partial charge on any atom is 0.328 e. The summed E-state index contributed by atoms with van der Waals surface area (Å²) in [7, 11) is 1.55. The minimum absolute atomic E-state index is 0.279. The number of carboxylic acids is 1. The number of nitrogens with one attached hydrogen (secondary N) is 1. The van der Waals surface area contributed by atoms with Gasteiger partial charge in [0, 0.05) is 24.9 Å². The number of methoxy groups -OCH3 is 1. The first-order chi connectivity index (χ1) is 9.36. The third kappa shape index (κ3) is 4.51. The number of carboxylic acid groups (broad SMARTS) is 1. The number of nitrogens with zero attached hydrogens (tertiary/aromatic N) is 1. The van der Waals surface area contributed by atoms with E-state index in [1.807, 2.05) is 0 Å². The molecule has 0 unspecified atom stereocenters. The van der Waals surface area contributed by atoms with Crippen molar-refractivity contribution in [2.24, 2.45) is 0 Å². The first-order valence-electron chi connectivity index (χ1n) is 6.00. The zero-order chi connectivity index (χ0) is 15.2. The molecule has 1 aromatic rings.